The minimum absolute atomic E-state index is 0.179. The quantitative estimate of drug-likeness (QED) is 0.856. The van der Waals surface area contributed by atoms with Crippen molar-refractivity contribution in [3.8, 4) is 0 Å². The Balaban J connectivity index is 2.28. The van der Waals surface area contributed by atoms with Crippen molar-refractivity contribution in [3.05, 3.63) is 41.5 Å². The molecule has 6 heteroatoms. The molecule has 1 amide bonds. The van der Waals surface area contributed by atoms with Gasteiger partial charge in [-0.15, -0.1) is 5.10 Å². The summed E-state index contributed by atoms with van der Waals surface area (Å²) in [7, 11) is 1.79. The number of carbonyl (C=O) groups is 1. The lowest BCUT2D eigenvalue weighted by Crippen LogP contribution is -2.17. The summed E-state index contributed by atoms with van der Waals surface area (Å²) >= 11 is 0. The Labute approximate surface area is 118 Å². The second-order valence-corrected chi connectivity index (χ2v) is 4.88. The molecule has 6 nitrogen and oxygen atoms in total. The number of hydrogen-bond donors (Lipinski definition) is 1. The van der Waals surface area contributed by atoms with Crippen molar-refractivity contribution >= 4 is 5.91 Å². The second-order valence-electron chi connectivity index (χ2n) is 4.88. The first-order chi connectivity index (χ1) is 9.60. The third-order valence-corrected chi connectivity index (χ3v) is 3.13. The zero-order valence-electron chi connectivity index (χ0n) is 11.8. The zero-order chi connectivity index (χ0) is 14.5. The number of aryl methyl sites for hydroxylation is 2. The Morgan fingerprint density at radius 3 is 2.70 bits per heavy atom. The van der Waals surface area contributed by atoms with E-state index in [1.165, 1.54) is 5.56 Å². The van der Waals surface area contributed by atoms with Crippen LogP contribution in [-0.2, 0) is 18.3 Å². The van der Waals surface area contributed by atoms with Gasteiger partial charge < -0.3 is 5.73 Å². The first-order valence-corrected chi connectivity index (χ1v) is 6.69. The molecule has 0 aliphatic rings. The van der Waals surface area contributed by atoms with Crippen molar-refractivity contribution in [1.29, 1.82) is 0 Å². The number of primary amides is 1. The molecule has 2 heterocycles. The van der Waals surface area contributed by atoms with Crippen molar-refractivity contribution < 1.29 is 4.79 Å². The van der Waals surface area contributed by atoms with Crippen LogP contribution in [0.25, 0.3) is 0 Å². The van der Waals surface area contributed by atoms with Gasteiger partial charge in [-0.3, -0.25) is 14.5 Å². The standard InChI is InChI=1S/C14H19N5O/c1-3-4-10-5-6-12(16-8-10)11(7-14(15)20)13-9-19(2)18-17-13/h5-6,8-9,11H,3-4,7H2,1-2H3,(H2,15,20)/t11-/m1/s1. The smallest absolute Gasteiger partial charge is 0.218 e. The summed E-state index contributed by atoms with van der Waals surface area (Å²) in [5.41, 5.74) is 8.02. The molecule has 106 valence electrons. The van der Waals surface area contributed by atoms with E-state index in [0.717, 1.165) is 18.5 Å². The van der Waals surface area contributed by atoms with E-state index in [4.69, 9.17) is 5.73 Å². The molecular formula is C14H19N5O. The predicted octanol–water partition coefficient (Wildman–Crippen LogP) is 1.17. The van der Waals surface area contributed by atoms with E-state index >= 15 is 0 Å². The van der Waals surface area contributed by atoms with Crippen LogP contribution < -0.4 is 5.73 Å². The van der Waals surface area contributed by atoms with Crippen molar-refractivity contribution in [1.82, 2.24) is 20.0 Å². The Morgan fingerprint density at radius 1 is 1.40 bits per heavy atom. The lowest BCUT2D eigenvalue weighted by molar-refractivity contribution is -0.118. The van der Waals surface area contributed by atoms with Crippen LogP contribution in [0.3, 0.4) is 0 Å². The Bertz CT molecular complexity index is 576. The van der Waals surface area contributed by atoms with Crippen LogP contribution in [0.1, 0.15) is 42.6 Å². The minimum Gasteiger partial charge on any atom is -0.370 e. The molecule has 0 fully saturated rings. The average molecular weight is 273 g/mol. The van der Waals surface area contributed by atoms with Crippen LogP contribution in [0, 0.1) is 0 Å². The Morgan fingerprint density at radius 2 is 2.20 bits per heavy atom. The summed E-state index contributed by atoms with van der Waals surface area (Å²) < 4.78 is 1.61. The largest absolute Gasteiger partial charge is 0.370 e. The molecule has 1 atom stereocenters. The van der Waals surface area contributed by atoms with Gasteiger partial charge in [0.25, 0.3) is 0 Å². The maximum absolute atomic E-state index is 11.3. The zero-order valence-corrected chi connectivity index (χ0v) is 11.8. The fraction of sp³-hybridized carbons (Fsp3) is 0.429. The molecule has 0 radical (unpaired) electrons. The van der Waals surface area contributed by atoms with E-state index in [1.54, 1.807) is 17.9 Å². The molecule has 2 aromatic heterocycles. The molecule has 0 aliphatic heterocycles. The SMILES string of the molecule is CCCc1ccc([C@@H](CC(N)=O)c2cn(C)nn2)nc1. The highest BCUT2D eigenvalue weighted by Gasteiger charge is 2.21. The third-order valence-electron chi connectivity index (χ3n) is 3.13. The molecule has 20 heavy (non-hydrogen) atoms. The summed E-state index contributed by atoms with van der Waals surface area (Å²) in [6, 6.07) is 3.98. The van der Waals surface area contributed by atoms with E-state index in [2.05, 4.69) is 22.2 Å². The fourth-order valence-electron chi connectivity index (χ4n) is 2.17. The van der Waals surface area contributed by atoms with E-state index in [1.807, 2.05) is 18.3 Å². The number of pyridine rings is 1. The van der Waals surface area contributed by atoms with Crippen LogP contribution in [0.5, 0.6) is 0 Å². The number of amides is 1. The fourth-order valence-corrected chi connectivity index (χ4v) is 2.17. The number of rotatable bonds is 6. The second kappa shape index (κ2) is 6.27. The first kappa shape index (κ1) is 14.2. The van der Waals surface area contributed by atoms with Gasteiger partial charge in [-0.25, -0.2) is 0 Å². The van der Waals surface area contributed by atoms with Gasteiger partial charge in [0.15, 0.2) is 0 Å². The van der Waals surface area contributed by atoms with E-state index < -0.39 is 0 Å². The molecule has 2 N–H and O–H groups in total. The molecule has 0 spiro atoms. The van der Waals surface area contributed by atoms with Crippen LogP contribution in [0.4, 0.5) is 0 Å². The lowest BCUT2D eigenvalue weighted by Gasteiger charge is -2.12. The Hall–Kier alpha value is -2.24. The molecule has 0 saturated carbocycles. The van der Waals surface area contributed by atoms with Crippen molar-refractivity contribution in [2.24, 2.45) is 12.8 Å². The van der Waals surface area contributed by atoms with Gasteiger partial charge in [0.2, 0.25) is 5.91 Å². The highest BCUT2D eigenvalue weighted by molar-refractivity contribution is 5.75. The summed E-state index contributed by atoms with van der Waals surface area (Å²) in [4.78, 5) is 15.7. The molecular weight excluding hydrogens is 254 g/mol. The van der Waals surface area contributed by atoms with E-state index in [0.29, 0.717) is 5.69 Å². The predicted molar refractivity (Wildman–Crippen MR) is 74.9 cm³/mol. The van der Waals surface area contributed by atoms with Crippen molar-refractivity contribution in [2.45, 2.75) is 32.1 Å². The Kier molecular flexibility index (Phi) is 4.45. The molecule has 0 bridgehead atoms. The van der Waals surface area contributed by atoms with Gasteiger partial charge in [-0.1, -0.05) is 24.6 Å². The molecule has 2 rings (SSSR count). The highest BCUT2D eigenvalue weighted by Crippen LogP contribution is 2.24. The van der Waals surface area contributed by atoms with Crippen LogP contribution in [0.2, 0.25) is 0 Å². The van der Waals surface area contributed by atoms with Gasteiger partial charge >= 0.3 is 0 Å². The number of aromatic nitrogens is 4. The molecule has 0 aromatic carbocycles. The number of carbonyl (C=O) groups excluding carboxylic acids is 1. The highest BCUT2D eigenvalue weighted by atomic mass is 16.1. The summed E-state index contributed by atoms with van der Waals surface area (Å²) in [6.45, 7) is 2.13. The molecule has 2 aromatic rings. The number of hydrogen-bond acceptors (Lipinski definition) is 4. The third kappa shape index (κ3) is 3.40. The topological polar surface area (TPSA) is 86.7 Å². The summed E-state index contributed by atoms with van der Waals surface area (Å²) in [5.74, 6) is -0.614. The normalized spacial score (nSPS) is 12.3. The molecule has 0 unspecified atom stereocenters. The van der Waals surface area contributed by atoms with E-state index in [-0.39, 0.29) is 18.2 Å². The summed E-state index contributed by atoms with van der Waals surface area (Å²) in [6.07, 6.45) is 5.89. The maximum atomic E-state index is 11.3. The lowest BCUT2D eigenvalue weighted by atomic mass is 9.96. The monoisotopic (exact) mass is 273 g/mol. The van der Waals surface area contributed by atoms with Gasteiger partial charge in [-0.2, -0.15) is 0 Å². The van der Waals surface area contributed by atoms with Crippen molar-refractivity contribution in [2.75, 3.05) is 0 Å². The van der Waals surface area contributed by atoms with Gasteiger partial charge in [0.1, 0.15) is 0 Å². The van der Waals surface area contributed by atoms with Crippen molar-refractivity contribution in [3.63, 3.8) is 0 Å². The van der Waals surface area contributed by atoms with Gasteiger partial charge in [0, 0.05) is 25.9 Å². The molecule has 0 saturated heterocycles. The molecule has 0 aliphatic carbocycles. The maximum Gasteiger partial charge on any atom is 0.218 e. The van der Waals surface area contributed by atoms with E-state index in [9.17, 15) is 4.79 Å². The number of nitrogens with two attached hydrogens (primary N) is 1. The first-order valence-electron chi connectivity index (χ1n) is 6.69. The summed E-state index contributed by atoms with van der Waals surface area (Å²) in [5, 5.41) is 7.97. The average Bonchev–Trinajstić information content (AvgIpc) is 2.84. The number of nitrogens with zero attached hydrogens (tertiary/aromatic N) is 4. The van der Waals surface area contributed by atoms with Crippen LogP contribution >= 0.6 is 0 Å². The van der Waals surface area contributed by atoms with Gasteiger partial charge in [-0.05, 0) is 18.1 Å². The van der Waals surface area contributed by atoms with Crippen LogP contribution in [-0.4, -0.2) is 25.9 Å². The minimum atomic E-state index is -0.375. The van der Waals surface area contributed by atoms with Gasteiger partial charge in [0.05, 0.1) is 17.3 Å². The van der Waals surface area contributed by atoms with Crippen LogP contribution in [0.15, 0.2) is 24.5 Å².